The van der Waals surface area contributed by atoms with Gasteiger partial charge in [0.15, 0.2) is 0 Å². The van der Waals surface area contributed by atoms with Crippen LogP contribution in [-0.2, 0) is 13.1 Å². The fourth-order valence-electron chi connectivity index (χ4n) is 2.56. The normalized spacial score (nSPS) is 10.8. The average molecular weight is 340 g/mol. The van der Waals surface area contributed by atoms with Crippen molar-refractivity contribution in [1.82, 2.24) is 19.7 Å². The van der Waals surface area contributed by atoms with Gasteiger partial charge in [-0.3, -0.25) is 9.48 Å². The number of amides is 1. The Hall–Kier alpha value is -2.47. The number of carbonyl (C=O) groups is 1. The Balaban J connectivity index is 1.74. The van der Waals surface area contributed by atoms with E-state index in [-0.39, 0.29) is 5.91 Å². The van der Waals surface area contributed by atoms with Crippen molar-refractivity contribution >= 4 is 17.2 Å². The number of thiazole rings is 1. The Morgan fingerprint density at radius 3 is 2.75 bits per heavy atom. The van der Waals surface area contributed by atoms with E-state index in [1.807, 2.05) is 55.6 Å². The zero-order valence-corrected chi connectivity index (χ0v) is 14.9. The number of carbonyl (C=O) groups excluding carboxylic acids is 1. The van der Waals surface area contributed by atoms with E-state index >= 15 is 0 Å². The van der Waals surface area contributed by atoms with E-state index in [4.69, 9.17) is 0 Å². The summed E-state index contributed by atoms with van der Waals surface area (Å²) in [6.07, 6.45) is 0. The zero-order chi connectivity index (χ0) is 17.1. The number of aromatic nitrogens is 3. The molecule has 6 heteroatoms. The third kappa shape index (κ3) is 3.38. The Morgan fingerprint density at radius 2 is 2.04 bits per heavy atom. The summed E-state index contributed by atoms with van der Waals surface area (Å²) in [7, 11) is 1.80. The lowest BCUT2D eigenvalue weighted by atomic mass is 10.2. The van der Waals surface area contributed by atoms with Gasteiger partial charge in [-0.15, -0.1) is 11.3 Å². The van der Waals surface area contributed by atoms with Crippen LogP contribution in [0.2, 0.25) is 0 Å². The van der Waals surface area contributed by atoms with Crippen LogP contribution in [-0.4, -0.2) is 32.6 Å². The van der Waals surface area contributed by atoms with Gasteiger partial charge in [0.05, 0.1) is 17.9 Å². The van der Waals surface area contributed by atoms with Crippen molar-refractivity contribution in [2.24, 2.45) is 0 Å². The molecule has 0 atom stereocenters. The molecule has 0 N–H and O–H groups in total. The standard InChI is InChI=1S/C18H20N4OS/c1-4-22-16(10-13(2)20-22)18(23)21(3)11-15-12-24-17(19-15)14-8-6-5-7-9-14/h5-10,12H,4,11H2,1-3H3. The average Bonchev–Trinajstić information content (AvgIpc) is 3.21. The smallest absolute Gasteiger partial charge is 0.272 e. The van der Waals surface area contributed by atoms with Crippen LogP contribution in [0.25, 0.3) is 10.6 Å². The van der Waals surface area contributed by atoms with Gasteiger partial charge in [-0.1, -0.05) is 30.3 Å². The van der Waals surface area contributed by atoms with Gasteiger partial charge in [0.1, 0.15) is 10.7 Å². The molecule has 3 rings (SSSR count). The lowest BCUT2D eigenvalue weighted by molar-refractivity contribution is 0.0771. The van der Waals surface area contributed by atoms with E-state index < -0.39 is 0 Å². The maximum Gasteiger partial charge on any atom is 0.272 e. The fourth-order valence-corrected chi connectivity index (χ4v) is 3.38. The van der Waals surface area contributed by atoms with Crippen molar-refractivity contribution in [2.75, 3.05) is 7.05 Å². The van der Waals surface area contributed by atoms with E-state index in [1.54, 1.807) is 28.0 Å². The minimum Gasteiger partial charge on any atom is -0.334 e. The molecule has 0 bridgehead atoms. The maximum absolute atomic E-state index is 12.7. The van der Waals surface area contributed by atoms with Crippen LogP contribution in [0.3, 0.4) is 0 Å². The Kier molecular flexibility index (Phi) is 4.76. The van der Waals surface area contributed by atoms with Crippen LogP contribution in [0.1, 0.15) is 28.8 Å². The topological polar surface area (TPSA) is 51.0 Å². The molecule has 124 valence electrons. The van der Waals surface area contributed by atoms with Gasteiger partial charge in [-0.2, -0.15) is 5.10 Å². The zero-order valence-electron chi connectivity index (χ0n) is 14.1. The van der Waals surface area contributed by atoms with Gasteiger partial charge in [0.2, 0.25) is 0 Å². The van der Waals surface area contributed by atoms with E-state index in [2.05, 4.69) is 10.1 Å². The van der Waals surface area contributed by atoms with Gasteiger partial charge in [0, 0.05) is 24.5 Å². The van der Waals surface area contributed by atoms with Crippen LogP contribution in [0.5, 0.6) is 0 Å². The third-order valence-corrected chi connectivity index (χ3v) is 4.68. The molecule has 2 aromatic heterocycles. The molecular weight excluding hydrogens is 320 g/mol. The molecule has 0 unspecified atom stereocenters. The molecule has 1 aromatic carbocycles. The summed E-state index contributed by atoms with van der Waals surface area (Å²) in [6, 6.07) is 11.9. The predicted octanol–water partition coefficient (Wildman–Crippen LogP) is 3.61. The number of benzene rings is 1. The lowest BCUT2D eigenvalue weighted by Crippen LogP contribution is -2.28. The first kappa shape index (κ1) is 16.4. The van der Waals surface area contributed by atoms with Crippen LogP contribution in [0.4, 0.5) is 0 Å². The van der Waals surface area contributed by atoms with Gasteiger partial charge in [-0.25, -0.2) is 4.98 Å². The molecule has 0 aliphatic rings. The number of aryl methyl sites for hydroxylation is 2. The first-order valence-corrected chi connectivity index (χ1v) is 8.76. The third-order valence-electron chi connectivity index (χ3n) is 3.74. The van der Waals surface area contributed by atoms with Crippen LogP contribution < -0.4 is 0 Å². The van der Waals surface area contributed by atoms with Crippen molar-refractivity contribution in [3.05, 3.63) is 58.9 Å². The van der Waals surface area contributed by atoms with Gasteiger partial charge >= 0.3 is 0 Å². The van der Waals surface area contributed by atoms with E-state index in [1.165, 1.54) is 0 Å². The second kappa shape index (κ2) is 6.97. The van der Waals surface area contributed by atoms with E-state index in [0.29, 0.717) is 18.8 Å². The molecule has 0 fully saturated rings. The highest BCUT2D eigenvalue weighted by Gasteiger charge is 2.18. The molecule has 0 aliphatic heterocycles. The van der Waals surface area contributed by atoms with Crippen LogP contribution >= 0.6 is 11.3 Å². The molecule has 2 heterocycles. The molecule has 0 aliphatic carbocycles. The largest absolute Gasteiger partial charge is 0.334 e. The second-order valence-corrected chi connectivity index (χ2v) is 6.52. The van der Waals surface area contributed by atoms with Crippen molar-refractivity contribution in [1.29, 1.82) is 0 Å². The summed E-state index contributed by atoms with van der Waals surface area (Å²) >= 11 is 1.60. The number of nitrogens with zero attached hydrogens (tertiary/aromatic N) is 4. The van der Waals surface area contributed by atoms with Crippen molar-refractivity contribution in [3.63, 3.8) is 0 Å². The molecule has 5 nitrogen and oxygen atoms in total. The molecule has 3 aromatic rings. The first-order chi connectivity index (χ1) is 11.6. The molecule has 1 amide bonds. The molecule has 0 saturated heterocycles. The summed E-state index contributed by atoms with van der Waals surface area (Å²) < 4.78 is 1.74. The SMILES string of the molecule is CCn1nc(C)cc1C(=O)N(C)Cc1csc(-c2ccccc2)n1. The van der Waals surface area contributed by atoms with Crippen molar-refractivity contribution in [3.8, 4) is 10.6 Å². The van der Waals surface area contributed by atoms with Gasteiger partial charge in [-0.05, 0) is 19.9 Å². The summed E-state index contributed by atoms with van der Waals surface area (Å²) in [5.41, 5.74) is 3.47. The van der Waals surface area contributed by atoms with Gasteiger partial charge < -0.3 is 4.90 Å². The number of hydrogen-bond donors (Lipinski definition) is 0. The van der Waals surface area contributed by atoms with Crippen molar-refractivity contribution in [2.45, 2.75) is 26.9 Å². The molecule has 24 heavy (non-hydrogen) atoms. The van der Waals surface area contributed by atoms with Crippen LogP contribution in [0, 0.1) is 6.92 Å². The maximum atomic E-state index is 12.7. The highest BCUT2D eigenvalue weighted by atomic mass is 32.1. The van der Waals surface area contributed by atoms with E-state index in [9.17, 15) is 4.79 Å². The number of hydrogen-bond acceptors (Lipinski definition) is 4. The summed E-state index contributed by atoms with van der Waals surface area (Å²) in [6.45, 7) is 5.04. The second-order valence-electron chi connectivity index (χ2n) is 5.66. The Labute approximate surface area is 145 Å². The first-order valence-electron chi connectivity index (χ1n) is 7.88. The highest BCUT2D eigenvalue weighted by Crippen LogP contribution is 2.24. The monoisotopic (exact) mass is 340 g/mol. The minimum atomic E-state index is -0.0355. The lowest BCUT2D eigenvalue weighted by Gasteiger charge is -2.16. The highest BCUT2D eigenvalue weighted by molar-refractivity contribution is 7.13. The molecule has 0 spiro atoms. The Bertz CT molecular complexity index is 838. The van der Waals surface area contributed by atoms with Gasteiger partial charge in [0.25, 0.3) is 5.91 Å². The van der Waals surface area contributed by atoms with Crippen LogP contribution in [0.15, 0.2) is 41.8 Å². The Morgan fingerprint density at radius 1 is 1.29 bits per heavy atom. The van der Waals surface area contributed by atoms with E-state index in [0.717, 1.165) is 22.0 Å². The molecular formula is C18H20N4OS. The van der Waals surface area contributed by atoms with Crippen molar-refractivity contribution < 1.29 is 4.79 Å². The quantitative estimate of drug-likeness (QED) is 0.713. The summed E-state index contributed by atoms with van der Waals surface area (Å²) in [5.74, 6) is -0.0355. The fraction of sp³-hybridized carbons (Fsp3) is 0.278. The molecule has 0 saturated carbocycles. The summed E-state index contributed by atoms with van der Waals surface area (Å²) in [5, 5.41) is 7.32. The number of rotatable bonds is 5. The molecule has 0 radical (unpaired) electrons. The summed E-state index contributed by atoms with van der Waals surface area (Å²) in [4.78, 5) is 19.0. The minimum absolute atomic E-state index is 0.0355. The predicted molar refractivity (Wildman–Crippen MR) is 96.0 cm³/mol.